The second-order valence-electron chi connectivity index (χ2n) is 17.9. The van der Waals surface area contributed by atoms with E-state index in [1.807, 2.05) is 83.8 Å². The predicted molar refractivity (Wildman–Crippen MR) is 262 cm³/mol. The lowest BCUT2D eigenvalue weighted by atomic mass is 9.98. The molecule has 0 spiro atoms. The Morgan fingerprint density at radius 2 is 0.899 bits per heavy atom. The van der Waals surface area contributed by atoms with Gasteiger partial charge in [-0.25, -0.2) is 0 Å². The van der Waals surface area contributed by atoms with E-state index in [4.69, 9.17) is 0 Å². The molecule has 11 heteroatoms. The van der Waals surface area contributed by atoms with E-state index in [1.54, 1.807) is 36.4 Å². The van der Waals surface area contributed by atoms with E-state index in [2.05, 4.69) is 51.5 Å². The molecule has 69 heavy (non-hydrogen) atoms. The maximum absolute atomic E-state index is 13.5. The Hall–Kier alpha value is -6.53. The zero-order chi connectivity index (χ0) is 48.2. The van der Waals surface area contributed by atoms with Gasteiger partial charge in [0.25, 0.3) is 0 Å². The summed E-state index contributed by atoms with van der Waals surface area (Å²) in [5.41, 5.74) is 6.00. The normalized spacial score (nSPS) is 16.9. The molecule has 0 aromatic heterocycles. The number of piperazine rings is 2. The number of rotatable bonds is 12. The van der Waals surface area contributed by atoms with E-state index >= 15 is 0 Å². The third-order valence-corrected chi connectivity index (χ3v) is 12.9. The van der Waals surface area contributed by atoms with Crippen molar-refractivity contribution in [1.29, 1.82) is 0 Å². The number of nitrogens with one attached hydrogen (secondary N) is 1. The predicted octanol–water partition coefficient (Wildman–Crippen LogP) is 12.3. The molecule has 0 bridgehead atoms. The minimum atomic E-state index is -4.40. The molecule has 0 saturated carbocycles. The zero-order valence-corrected chi connectivity index (χ0v) is 38.3. The Labute approximate surface area is 401 Å². The largest absolute Gasteiger partial charge is 0.417 e. The van der Waals surface area contributed by atoms with Crippen LogP contribution in [-0.2, 0) is 49.5 Å². The first kappa shape index (κ1) is 48.9. The highest BCUT2D eigenvalue weighted by Crippen LogP contribution is 2.38. The van der Waals surface area contributed by atoms with Crippen molar-refractivity contribution in [1.82, 2.24) is 20.0 Å². The number of carbonyl (C=O) groups is 1. The van der Waals surface area contributed by atoms with Crippen molar-refractivity contribution in [2.75, 3.05) is 39.3 Å². The summed E-state index contributed by atoms with van der Waals surface area (Å²) in [6, 6.07) is 57.2. The van der Waals surface area contributed by atoms with Gasteiger partial charge in [0.2, 0.25) is 5.91 Å². The molecule has 7 aromatic rings. The molecule has 0 aliphatic carbocycles. The third kappa shape index (κ3) is 13.6. The monoisotopic (exact) mass is 938 g/mol. The molecule has 2 fully saturated rings. The molecular weight excluding hydrogens is 883 g/mol. The van der Waals surface area contributed by atoms with Crippen LogP contribution in [0.2, 0.25) is 0 Å². The lowest BCUT2D eigenvalue weighted by Crippen LogP contribution is -2.56. The maximum atomic E-state index is 13.5. The van der Waals surface area contributed by atoms with Gasteiger partial charge >= 0.3 is 12.4 Å². The second kappa shape index (κ2) is 22.7. The van der Waals surface area contributed by atoms with Crippen LogP contribution < -0.4 is 5.32 Å². The minimum Gasteiger partial charge on any atom is -0.337 e. The van der Waals surface area contributed by atoms with Gasteiger partial charge in [-0.1, -0.05) is 176 Å². The van der Waals surface area contributed by atoms with Gasteiger partial charge < -0.3 is 10.2 Å². The molecule has 0 unspecified atom stereocenters. The van der Waals surface area contributed by atoms with Crippen molar-refractivity contribution < 1.29 is 31.1 Å². The van der Waals surface area contributed by atoms with Crippen LogP contribution in [0.3, 0.4) is 0 Å². The average molecular weight is 939 g/mol. The highest BCUT2D eigenvalue weighted by molar-refractivity contribution is 5.79. The van der Waals surface area contributed by atoms with Crippen molar-refractivity contribution >= 4 is 5.91 Å². The van der Waals surface area contributed by atoms with E-state index in [9.17, 15) is 31.1 Å². The zero-order valence-electron chi connectivity index (χ0n) is 38.3. The third-order valence-electron chi connectivity index (χ3n) is 12.9. The summed E-state index contributed by atoms with van der Waals surface area (Å²) in [5, 5.41) is 3.59. The van der Waals surface area contributed by atoms with Crippen molar-refractivity contribution in [3.05, 3.63) is 227 Å². The molecule has 2 saturated heterocycles. The molecule has 0 radical (unpaired) electrons. The summed E-state index contributed by atoms with van der Waals surface area (Å²) in [6.07, 6.45) is -6.62. The molecule has 9 rings (SSSR count). The van der Waals surface area contributed by atoms with E-state index in [0.717, 1.165) is 80.9 Å². The topological polar surface area (TPSA) is 38.8 Å². The number of carbonyl (C=O) groups excluding carboxylic acids is 1. The van der Waals surface area contributed by atoms with Gasteiger partial charge in [-0.3, -0.25) is 14.6 Å². The number of hydrogen-bond acceptors (Lipinski definition) is 4. The molecule has 7 aromatic carbocycles. The molecule has 2 heterocycles. The van der Waals surface area contributed by atoms with Gasteiger partial charge in [0, 0.05) is 64.4 Å². The van der Waals surface area contributed by atoms with Crippen molar-refractivity contribution in [3.63, 3.8) is 0 Å². The lowest BCUT2D eigenvalue weighted by Gasteiger charge is -2.42. The molecule has 1 amide bonds. The van der Waals surface area contributed by atoms with Crippen molar-refractivity contribution in [2.45, 2.75) is 56.8 Å². The number of halogens is 6. The Kier molecular flexibility index (Phi) is 16.1. The number of hydrogen-bond donors (Lipinski definition) is 1. The van der Waals surface area contributed by atoms with Crippen LogP contribution >= 0.6 is 0 Å². The van der Waals surface area contributed by atoms with Crippen LogP contribution in [0.5, 0.6) is 0 Å². The highest BCUT2D eigenvalue weighted by atomic mass is 19.4. The summed E-state index contributed by atoms with van der Waals surface area (Å²) in [5.74, 6) is 0.134. The summed E-state index contributed by atoms with van der Waals surface area (Å²) in [7, 11) is 0. The highest BCUT2D eigenvalue weighted by Gasteiger charge is 2.35. The average Bonchev–Trinajstić information content (AvgIpc) is 3.35. The SMILES string of the molecule is FC(F)(F)c1ccccc1-c1ccc(CN2CCN[C@@H](Cc3ccccc3)C2)cc1.O=C(Cc1ccccc1)N1CCN(Cc2ccc(-c3ccccc3C(F)(F)F)cc2)C[C@@H]1Cc1ccccc1. The second-order valence-corrected chi connectivity index (χ2v) is 17.9. The van der Waals surface area contributed by atoms with E-state index in [1.165, 1.54) is 35.4 Å². The molecule has 2 aliphatic rings. The number of amides is 1. The molecule has 1 N–H and O–H groups in total. The van der Waals surface area contributed by atoms with Crippen LogP contribution in [0.4, 0.5) is 26.3 Å². The molecule has 5 nitrogen and oxygen atoms in total. The summed E-state index contributed by atoms with van der Waals surface area (Å²) < 4.78 is 80.4. The summed E-state index contributed by atoms with van der Waals surface area (Å²) in [6.45, 7) is 6.44. The number of nitrogens with zero attached hydrogens (tertiary/aromatic N) is 3. The maximum Gasteiger partial charge on any atom is 0.417 e. The smallest absolute Gasteiger partial charge is 0.337 e. The van der Waals surface area contributed by atoms with Gasteiger partial charge in [-0.2, -0.15) is 26.3 Å². The van der Waals surface area contributed by atoms with Gasteiger partial charge in [0.15, 0.2) is 0 Å². The van der Waals surface area contributed by atoms with E-state index in [0.29, 0.717) is 36.7 Å². The van der Waals surface area contributed by atoms with Crippen LogP contribution in [0.1, 0.15) is 38.9 Å². The van der Waals surface area contributed by atoms with Crippen molar-refractivity contribution in [3.8, 4) is 22.3 Å². The first-order chi connectivity index (χ1) is 33.4. The van der Waals surface area contributed by atoms with E-state index in [-0.39, 0.29) is 23.1 Å². The minimum absolute atomic E-state index is 0.0373. The standard InChI is InChI=1S/C33H31F3N2O.C25H25F3N2/c34-33(35,36)31-14-8-7-13-30(31)28-17-15-27(16-18-28)23-37-19-20-38(32(39)22-26-11-5-2-6-12-26)29(24-37)21-25-9-3-1-4-10-25;26-25(27,28)24-9-5-4-8-23(24)21-12-10-20(11-13-21)17-30-15-14-29-22(18-30)16-19-6-2-1-3-7-19/h1-18,29H,19-24H2;1-13,22,29H,14-18H2/t29-;22-/m00/s1. The Bertz CT molecular complexity index is 2700. The Morgan fingerprint density at radius 1 is 0.464 bits per heavy atom. The first-order valence-corrected chi connectivity index (χ1v) is 23.5. The fraction of sp³-hybridized carbons (Fsp3) is 0.259. The van der Waals surface area contributed by atoms with Gasteiger partial charge in [0.05, 0.1) is 17.5 Å². The Morgan fingerprint density at radius 3 is 1.39 bits per heavy atom. The number of alkyl halides is 6. The summed E-state index contributed by atoms with van der Waals surface area (Å²) >= 11 is 0. The molecule has 356 valence electrons. The van der Waals surface area contributed by atoms with Crippen LogP contribution in [0.15, 0.2) is 188 Å². The molecule has 2 atom stereocenters. The number of benzene rings is 7. The first-order valence-electron chi connectivity index (χ1n) is 23.5. The van der Waals surface area contributed by atoms with Gasteiger partial charge in [-0.05, 0) is 75.0 Å². The molecular formula is C58H56F6N4O. The fourth-order valence-corrected chi connectivity index (χ4v) is 9.46. The van der Waals surface area contributed by atoms with Gasteiger partial charge in [0.1, 0.15) is 0 Å². The van der Waals surface area contributed by atoms with Gasteiger partial charge in [-0.15, -0.1) is 0 Å². The van der Waals surface area contributed by atoms with E-state index < -0.39 is 23.5 Å². The molecule has 2 aliphatic heterocycles. The van der Waals surface area contributed by atoms with Crippen LogP contribution in [0, 0.1) is 0 Å². The Balaban J connectivity index is 0.000000192. The fourth-order valence-electron chi connectivity index (χ4n) is 9.46. The summed E-state index contributed by atoms with van der Waals surface area (Å²) in [4.78, 5) is 20.1. The van der Waals surface area contributed by atoms with Crippen LogP contribution in [0.25, 0.3) is 22.3 Å². The van der Waals surface area contributed by atoms with Crippen LogP contribution in [-0.4, -0.2) is 72.0 Å². The quantitative estimate of drug-likeness (QED) is 0.124. The van der Waals surface area contributed by atoms with Crippen molar-refractivity contribution in [2.24, 2.45) is 0 Å². The lowest BCUT2D eigenvalue weighted by molar-refractivity contribution is -0.137.